The summed E-state index contributed by atoms with van der Waals surface area (Å²) in [5.41, 5.74) is 0. The maximum absolute atomic E-state index is 11.7. The van der Waals surface area contributed by atoms with Gasteiger partial charge in [-0.2, -0.15) is 0 Å². The van der Waals surface area contributed by atoms with Gasteiger partial charge in [-0.25, -0.2) is 0 Å². The standard InChI is InChI=1S/C11H12O2/c12-11(10-7-4-8-13-10)9-5-2-1-3-6-9/h1-2,4,7-9H,3,5-6H2/t9-/m0/s1. The van der Waals surface area contributed by atoms with Crippen molar-refractivity contribution < 1.29 is 9.21 Å². The number of hydrogen-bond acceptors (Lipinski definition) is 2. The molecule has 1 aromatic rings. The number of carbonyl (C=O) groups excluding carboxylic acids is 1. The maximum Gasteiger partial charge on any atom is 0.201 e. The molecule has 0 amide bonds. The molecule has 2 nitrogen and oxygen atoms in total. The Morgan fingerprint density at radius 1 is 1.46 bits per heavy atom. The molecule has 0 saturated carbocycles. The molecule has 1 aliphatic rings. The molecule has 2 rings (SSSR count). The monoisotopic (exact) mass is 176 g/mol. The lowest BCUT2D eigenvalue weighted by Crippen LogP contribution is -2.15. The number of carbonyl (C=O) groups is 1. The highest BCUT2D eigenvalue weighted by molar-refractivity contribution is 5.95. The first kappa shape index (κ1) is 8.30. The molecule has 1 atom stereocenters. The molecule has 0 radical (unpaired) electrons. The molecule has 0 saturated heterocycles. The van der Waals surface area contributed by atoms with Crippen LogP contribution in [0.25, 0.3) is 0 Å². The molecular weight excluding hydrogens is 164 g/mol. The summed E-state index contributed by atoms with van der Waals surface area (Å²) < 4.78 is 5.07. The summed E-state index contributed by atoms with van der Waals surface area (Å²) in [4.78, 5) is 11.7. The fraction of sp³-hybridized carbons (Fsp3) is 0.364. The minimum Gasteiger partial charge on any atom is -0.461 e. The van der Waals surface area contributed by atoms with Crippen molar-refractivity contribution >= 4 is 5.78 Å². The van der Waals surface area contributed by atoms with Gasteiger partial charge >= 0.3 is 0 Å². The van der Waals surface area contributed by atoms with Crippen LogP contribution in [-0.4, -0.2) is 5.78 Å². The largest absolute Gasteiger partial charge is 0.461 e. The van der Waals surface area contributed by atoms with Crippen LogP contribution in [0.3, 0.4) is 0 Å². The Morgan fingerprint density at radius 2 is 2.38 bits per heavy atom. The van der Waals surface area contributed by atoms with Gasteiger partial charge in [-0.15, -0.1) is 0 Å². The quantitative estimate of drug-likeness (QED) is 0.512. The molecule has 0 N–H and O–H groups in total. The summed E-state index contributed by atoms with van der Waals surface area (Å²) >= 11 is 0. The molecule has 0 unspecified atom stereocenters. The fourth-order valence-corrected chi connectivity index (χ4v) is 1.65. The number of rotatable bonds is 2. The smallest absolute Gasteiger partial charge is 0.201 e. The predicted molar refractivity (Wildman–Crippen MR) is 49.5 cm³/mol. The molecule has 0 aliphatic heterocycles. The Hall–Kier alpha value is -1.31. The van der Waals surface area contributed by atoms with Crippen molar-refractivity contribution in [3.8, 4) is 0 Å². The van der Waals surface area contributed by atoms with Gasteiger partial charge in [0.25, 0.3) is 0 Å². The number of Topliss-reactive ketones (excluding diaryl/α,β-unsaturated/α-hetero) is 1. The van der Waals surface area contributed by atoms with Crippen LogP contribution in [0.4, 0.5) is 0 Å². The summed E-state index contributed by atoms with van der Waals surface area (Å²) in [5.74, 6) is 0.783. The second-order valence-electron chi connectivity index (χ2n) is 3.32. The van der Waals surface area contributed by atoms with E-state index in [-0.39, 0.29) is 11.7 Å². The Kier molecular flexibility index (Phi) is 2.30. The van der Waals surface area contributed by atoms with Crippen molar-refractivity contribution in [2.24, 2.45) is 5.92 Å². The van der Waals surface area contributed by atoms with Gasteiger partial charge < -0.3 is 4.42 Å². The van der Waals surface area contributed by atoms with E-state index in [0.29, 0.717) is 5.76 Å². The molecule has 0 fully saturated rings. The maximum atomic E-state index is 11.7. The second-order valence-corrected chi connectivity index (χ2v) is 3.32. The van der Waals surface area contributed by atoms with E-state index < -0.39 is 0 Å². The van der Waals surface area contributed by atoms with E-state index in [1.807, 2.05) is 0 Å². The first-order valence-corrected chi connectivity index (χ1v) is 4.60. The Morgan fingerprint density at radius 3 is 3.00 bits per heavy atom. The summed E-state index contributed by atoms with van der Waals surface area (Å²) in [6.45, 7) is 0. The Balaban J connectivity index is 2.09. The first-order chi connectivity index (χ1) is 6.38. The molecule has 1 aliphatic carbocycles. The lowest BCUT2D eigenvalue weighted by atomic mass is 9.89. The summed E-state index contributed by atoms with van der Waals surface area (Å²) in [7, 11) is 0. The zero-order valence-electron chi connectivity index (χ0n) is 7.40. The van der Waals surface area contributed by atoms with Crippen molar-refractivity contribution in [3.05, 3.63) is 36.3 Å². The van der Waals surface area contributed by atoms with E-state index >= 15 is 0 Å². The van der Waals surface area contributed by atoms with Crippen LogP contribution in [0.1, 0.15) is 29.8 Å². The zero-order valence-corrected chi connectivity index (χ0v) is 7.40. The van der Waals surface area contributed by atoms with E-state index in [0.717, 1.165) is 19.3 Å². The lowest BCUT2D eigenvalue weighted by Gasteiger charge is -2.14. The molecule has 2 heteroatoms. The lowest BCUT2D eigenvalue weighted by molar-refractivity contribution is 0.0884. The molecule has 0 bridgehead atoms. The van der Waals surface area contributed by atoms with Gasteiger partial charge in [0.1, 0.15) is 0 Å². The van der Waals surface area contributed by atoms with Crippen LogP contribution in [0.15, 0.2) is 35.0 Å². The van der Waals surface area contributed by atoms with Crippen LogP contribution < -0.4 is 0 Å². The van der Waals surface area contributed by atoms with Crippen molar-refractivity contribution in [3.63, 3.8) is 0 Å². The summed E-state index contributed by atoms with van der Waals surface area (Å²) in [6, 6.07) is 3.49. The zero-order chi connectivity index (χ0) is 9.10. The van der Waals surface area contributed by atoms with E-state index in [1.165, 1.54) is 0 Å². The molecule has 1 aromatic heterocycles. The Labute approximate surface area is 77.2 Å². The average Bonchev–Trinajstić information content (AvgIpc) is 2.71. The minimum absolute atomic E-state index is 0.135. The number of furan rings is 1. The van der Waals surface area contributed by atoms with Gasteiger partial charge in [0, 0.05) is 5.92 Å². The average molecular weight is 176 g/mol. The second kappa shape index (κ2) is 3.60. The third-order valence-corrected chi connectivity index (χ3v) is 2.40. The molecule has 13 heavy (non-hydrogen) atoms. The van der Waals surface area contributed by atoms with Crippen LogP contribution in [0, 0.1) is 5.92 Å². The van der Waals surface area contributed by atoms with Gasteiger partial charge in [0.15, 0.2) is 5.76 Å². The molecular formula is C11H12O2. The van der Waals surface area contributed by atoms with Crippen LogP contribution in [-0.2, 0) is 0 Å². The number of allylic oxidation sites excluding steroid dienone is 2. The van der Waals surface area contributed by atoms with Crippen LogP contribution in [0.2, 0.25) is 0 Å². The third-order valence-electron chi connectivity index (χ3n) is 2.40. The van der Waals surface area contributed by atoms with Crippen LogP contribution >= 0.6 is 0 Å². The highest BCUT2D eigenvalue weighted by atomic mass is 16.3. The van der Waals surface area contributed by atoms with Crippen LogP contribution in [0.5, 0.6) is 0 Å². The molecule has 68 valence electrons. The summed E-state index contributed by atoms with van der Waals surface area (Å²) in [5, 5.41) is 0. The minimum atomic E-state index is 0.135. The van der Waals surface area contributed by atoms with Crippen molar-refractivity contribution in [1.82, 2.24) is 0 Å². The van der Waals surface area contributed by atoms with Crippen molar-refractivity contribution in [2.75, 3.05) is 0 Å². The Bertz CT molecular complexity index is 309. The fourth-order valence-electron chi connectivity index (χ4n) is 1.65. The van der Waals surface area contributed by atoms with Crippen molar-refractivity contribution in [2.45, 2.75) is 19.3 Å². The van der Waals surface area contributed by atoms with Crippen molar-refractivity contribution in [1.29, 1.82) is 0 Å². The van der Waals surface area contributed by atoms with Gasteiger partial charge in [0.05, 0.1) is 6.26 Å². The van der Waals surface area contributed by atoms with E-state index in [1.54, 1.807) is 18.4 Å². The molecule has 0 aromatic carbocycles. The van der Waals surface area contributed by atoms with Gasteiger partial charge in [-0.3, -0.25) is 4.79 Å². The molecule has 1 heterocycles. The predicted octanol–water partition coefficient (Wildman–Crippen LogP) is 2.82. The normalized spacial score (nSPS) is 21.7. The molecule has 0 spiro atoms. The SMILES string of the molecule is O=C(c1ccco1)[C@H]1CC=CCC1. The van der Waals surface area contributed by atoms with E-state index in [4.69, 9.17) is 4.42 Å². The van der Waals surface area contributed by atoms with E-state index in [2.05, 4.69) is 12.2 Å². The summed E-state index contributed by atoms with van der Waals surface area (Å²) in [6.07, 6.45) is 8.58. The topological polar surface area (TPSA) is 30.2 Å². The number of ketones is 1. The van der Waals surface area contributed by atoms with Gasteiger partial charge in [-0.05, 0) is 31.4 Å². The van der Waals surface area contributed by atoms with Gasteiger partial charge in [-0.1, -0.05) is 12.2 Å². The highest BCUT2D eigenvalue weighted by Crippen LogP contribution is 2.22. The number of hydrogen-bond donors (Lipinski definition) is 0. The van der Waals surface area contributed by atoms with Gasteiger partial charge in [0.2, 0.25) is 5.78 Å². The third kappa shape index (κ3) is 1.72. The first-order valence-electron chi connectivity index (χ1n) is 4.60. The highest BCUT2D eigenvalue weighted by Gasteiger charge is 2.21. The van der Waals surface area contributed by atoms with E-state index in [9.17, 15) is 4.79 Å².